The number of para-hydroxylation sites is 1. The normalized spacial score (nSPS) is 11.0. The van der Waals surface area contributed by atoms with E-state index in [-0.39, 0.29) is 17.1 Å². The molecule has 0 spiro atoms. The summed E-state index contributed by atoms with van der Waals surface area (Å²) in [6.45, 7) is 1.37. The number of ether oxygens (including phenoxy) is 1. The maximum absolute atomic E-state index is 12.5. The first-order chi connectivity index (χ1) is 13.2. The summed E-state index contributed by atoms with van der Waals surface area (Å²) in [4.78, 5) is 23.0. The number of nitro groups is 1. The Morgan fingerprint density at radius 3 is 2.50 bits per heavy atom. The van der Waals surface area contributed by atoms with Crippen LogP contribution in [0.5, 0.6) is 5.75 Å². The standard InChI is InChI=1S/C18H21N3O6S/c1-4-13-7-5-6-8-15(13)19-18(22)12-20(28(3,25)26)16-11-14(21(23)24)9-10-17(16)27-2/h5-11H,4,12H2,1-3H3,(H,19,22). The maximum atomic E-state index is 12.5. The molecular weight excluding hydrogens is 386 g/mol. The summed E-state index contributed by atoms with van der Waals surface area (Å²) in [5.41, 5.74) is 1.07. The third-order valence-electron chi connectivity index (χ3n) is 4.00. The van der Waals surface area contributed by atoms with Gasteiger partial charge < -0.3 is 10.1 Å². The third-order valence-corrected chi connectivity index (χ3v) is 5.13. The van der Waals surface area contributed by atoms with E-state index in [1.54, 1.807) is 12.1 Å². The quantitative estimate of drug-likeness (QED) is 0.531. The number of aryl methyl sites for hydroxylation is 1. The average molecular weight is 407 g/mol. The van der Waals surface area contributed by atoms with Gasteiger partial charge in [-0.15, -0.1) is 0 Å². The Kier molecular flexibility index (Phi) is 6.57. The van der Waals surface area contributed by atoms with Gasteiger partial charge in [-0.3, -0.25) is 19.2 Å². The Balaban J connectivity index is 2.39. The van der Waals surface area contributed by atoms with Gasteiger partial charge in [0.25, 0.3) is 5.69 Å². The Labute approximate surface area is 163 Å². The van der Waals surface area contributed by atoms with E-state index in [1.807, 2.05) is 19.1 Å². The molecule has 0 radical (unpaired) electrons. The molecule has 0 aliphatic rings. The number of benzene rings is 2. The molecule has 0 aliphatic carbocycles. The van der Waals surface area contributed by atoms with Gasteiger partial charge >= 0.3 is 0 Å². The van der Waals surface area contributed by atoms with Crippen molar-refractivity contribution in [2.24, 2.45) is 0 Å². The van der Waals surface area contributed by atoms with E-state index in [2.05, 4.69) is 5.32 Å². The van der Waals surface area contributed by atoms with Crippen LogP contribution in [0, 0.1) is 10.1 Å². The lowest BCUT2D eigenvalue weighted by Gasteiger charge is -2.23. The molecule has 0 atom stereocenters. The smallest absolute Gasteiger partial charge is 0.271 e. The molecule has 0 aromatic heterocycles. The van der Waals surface area contributed by atoms with E-state index in [0.717, 1.165) is 22.2 Å². The van der Waals surface area contributed by atoms with Crippen molar-refractivity contribution in [3.05, 3.63) is 58.1 Å². The summed E-state index contributed by atoms with van der Waals surface area (Å²) in [7, 11) is -2.62. The van der Waals surface area contributed by atoms with Crippen LogP contribution in [0.2, 0.25) is 0 Å². The van der Waals surface area contributed by atoms with Crippen LogP contribution >= 0.6 is 0 Å². The number of anilines is 2. The molecule has 1 amide bonds. The minimum absolute atomic E-state index is 0.0851. The van der Waals surface area contributed by atoms with Gasteiger partial charge in [0.05, 0.1) is 18.3 Å². The lowest BCUT2D eigenvalue weighted by atomic mass is 10.1. The highest BCUT2D eigenvalue weighted by Crippen LogP contribution is 2.33. The van der Waals surface area contributed by atoms with Crippen molar-refractivity contribution in [3.8, 4) is 5.75 Å². The molecule has 0 bridgehead atoms. The Hall–Kier alpha value is -3.14. The molecular formula is C18H21N3O6S. The first-order valence-corrected chi connectivity index (χ1v) is 10.2. The zero-order valence-corrected chi connectivity index (χ0v) is 16.5. The molecule has 0 aliphatic heterocycles. The fourth-order valence-corrected chi connectivity index (χ4v) is 3.49. The lowest BCUT2D eigenvalue weighted by Crippen LogP contribution is -2.37. The molecule has 150 valence electrons. The number of nitrogens with one attached hydrogen (secondary N) is 1. The van der Waals surface area contributed by atoms with Gasteiger partial charge in [0, 0.05) is 17.8 Å². The van der Waals surface area contributed by atoms with E-state index in [1.165, 1.54) is 19.2 Å². The molecule has 1 N–H and O–H groups in total. The highest BCUT2D eigenvalue weighted by atomic mass is 32.2. The second kappa shape index (κ2) is 8.70. The zero-order valence-electron chi connectivity index (χ0n) is 15.7. The highest BCUT2D eigenvalue weighted by Gasteiger charge is 2.26. The van der Waals surface area contributed by atoms with Crippen LogP contribution in [-0.2, 0) is 21.2 Å². The largest absolute Gasteiger partial charge is 0.495 e. The van der Waals surface area contributed by atoms with Crippen molar-refractivity contribution in [1.82, 2.24) is 0 Å². The minimum atomic E-state index is -3.93. The second-order valence-electron chi connectivity index (χ2n) is 5.94. The van der Waals surface area contributed by atoms with Crippen molar-refractivity contribution in [3.63, 3.8) is 0 Å². The summed E-state index contributed by atoms with van der Waals surface area (Å²) in [5, 5.41) is 13.8. The van der Waals surface area contributed by atoms with Gasteiger partial charge in [0.15, 0.2) is 0 Å². The van der Waals surface area contributed by atoms with Crippen LogP contribution in [0.1, 0.15) is 12.5 Å². The molecule has 10 heteroatoms. The van der Waals surface area contributed by atoms with Gasteiger partial charge in [0.1, 0.15) is 18.0 Å². The summed E-state index contributed by atoms with van der Waals surface area (Å²) < 4.78 is 30.5. The summed E-state index contributed by atoms with van der Waals surface area (Å²) in [5.74, 6) is -0.488. The Bertz CT molecular complexity index is 991. The number of nitrogens with zero attached hydrogens (tertiary/aromatic N) is 2. The molecule has 0 unspecified atom stereocenters. The van der Waals surface area contributed by atoms with Crippen molar-refractivity contribution >= 4 is 33.0 Å². The van der Waals surface area contributed by atoms with Gasteiger partial charge in [-0.2, -0.15) is 0 Å². The first-order valence-electron chi connectivity index (χ1n) is 8.35. The number of rotatable bonds is 8. The predicted molar refractivity (Wildman–Crippen MR) is 106 cm³/mol. The molecule has 0 saturated carbocycles. The molecule has 9 nitrogen and oxygen atoms in total. The van der Waals surface area contributed by atoms with Gasteiger partial charge in [-0.1, -0.05) is 25.1 Å². The Morgan fingerprint density at radius 1 is 1.25 bits per heavy atom. The number of hydrogen-bond acceptors (Lipinski definition) is 6. The minimum Gasteiger partial charge on any atom is -0.495 e. The second-order valence-corrected chi connectivity index (χ2v) is 7.85. The van der Waals surface area contributed by atoms with Crippen LogP contribution in [-0.4, -0.2) is 39.2 Å². The number of amides is 1. The van der Waals surface area contributed by atoms with Crippen LogP contribution < -0.4 is 14.4 Å². The van der Waals surface area contributed by atoms with E-state index in [4.69, 9.17) is 4.74 Å². The number of sulfonamides is 1. The monoisotopic (exact) mass is 407 g/mol. The maximum Gasteiger partial charge on any atom is 0.271 e. The number of nitro benzene ring substituents is 1. The number of carbonyl (C=O) groups is 1. The number of hydrogen-bond donors (Lipinski definition) is 1. The molecule has 2 rings (SSSR count). The van der Waals surface area contributed by atoms with E-state index < -0.39 is 27.4 Å². The van der Waals surface area contributed by atoms with Crippen molar-refractivity contribution in [2.45, 2.75) is 13.3 Å². The Morgan fingerprint density at radius 2 is 1.93 bits per heavy atom. The van der Waals surface area contributed by atoms with E-state index in [9.17, 15) is 23.3 Å². The molecule has 2 aromatic carbocycles. The summed E-state index contributed by atoms with van der Waals surface area (Å²) in [6, 6.07) is 10.7. The molecule has 0 saturated heterocycles. The van der Waals surface area contributed by atoms with Crippen molar-refractivity contribution in [2.75, 3.05) is 29.5 Å². The van der Waals surface area contributed by atoms with Crippen LogP contribution in [0.3, 0.4) is 0 Å². The average Bonchev–Trinajstić information content (AvgIpc) is 2.65. The van der Waals surface area contributed by atoms with Crippen LogP contribution in [0.15, 0.2) is 42.5 Å². The number of non-ortho nitro benzene ring substituents is 1. The van der Waals surface area contributed by atoms with Crippen LogP contribution in [0.25, 0.3) is 0 Å². The van der Waals surface area contributed by atoms with Gasteiger partial charge in [-0.05, 0) is 24.1 Å². The van der Waals surface area contributed by atoms with Gasteiger partial charge in [-0.25, -0.2) is 8.42 Å². The molecule has 28 heavy (non-hydrogen) atoms. The number of methoxy groups -OCH3 is 1. The first kappa shape index (κ1) is 21.2. The van der Waals surface area contributed by atoms with Gasteiger partial charge in [0.2, 0.25) is 15.9 Å². The molecule has 0 fully saturated rings. The molecule has 2 aromatic rings. The predicted octanol–water partition coefficient (Wildman–Crippen LogP) is 2.57. The lowest BCUT2D eigenvalue weighted by molar-refractivity contribution is -0.384. The fraction of sp³-hybridized carbons (Fsp3) is 0.278. The van der Waals surface area contributed by atoms with Crippen molar-refractivity contribution in [1.29, 1.82) is 0 Å². The fourth-order valence-electron chi connectivity index (χ4n) is 2.64. The van der Waals surface area contributed by atoms with Crippen molar-refractivity contribution < 1.29 is 22.9 Å². The van der Waals surface area contributed by atoms with Crippen LogP contribution in [0.4, 0.5) is 17.1 Å². The SMILES string of the molecule is CCc1ccccc1NC(=O)CN(c1cc([N+](=O)[O-])ccc1OC)S(C)(=O)=O. The summed E-state index contributed by atoms with van der Waals surface area (Å²) >= 11 is 0. The van der Waals surface area contributed by atoms with E-state index >= 15 is 0 Å². The summed E-state index contributed by atoms with van der Waals surface area (Å²) in [6.07, 6.45) is 1.60. The zero-order chi connectivity index (χ0) is 20.9. The highest BCUT2D eigenvalue weighted by molar-refractivity contribution is 7.92. The number of carbonyl (C=O) groups excluding carboxylic acids is 1. The molecule has 0 heterocycles. The topological polar surface area (TPSA) is 119 Å². The van der Waals surface area contributed by atoms with E-state index in [0.29, 0.717) is 12.1 Å². The third kappa shape index (κ3) is 4.97.